The van der Waals surface area contributed by atoms with E-state index < -0.39 is 0 Å². The number of hydrogen-bond donors (Lipinski definition) is 1. The molecular formula is C17H17FN2O. The van der Waals surface area contributed by atoms with Gasteiger partial charge in [0.1, 0.15) is 17.6 Å². The van der Waals surface area contributed by atoms with E-state index in [1.807, 2.05) is 12.1 Å². The summed E-state index contributed by atoms with van der Waals surface area (Å²) in [6.45, 7) is 1.50. The van der Waals surface area contributed by atoms with Crippen LogP contribution in [0.4, 0.5) is 4.39 Å². The van der Waals surface area contributed by atoms with E-state index in [0.29, 0.717) is 17.9 Å². The van der Waals surface area contributed by atoms with Gasteiger partial charge in [0, 0.05) is 6.54 Å². The molecule has 0 unspecified atom stereocenters. The van der Waals surface area contributed by atoms with Gasteiger partial charge in [-0.05, 0) is 48.4 Å². The van der Waals surface area contributed by atoms with Crippen LogP contribution in [0.3, 0.4) is 0 Å². The number of ether oxygens (including phenoxy) is 1. The van der Waals surface area contributed by atoms with Crippen molar-refractivity contribution in [1.29, 1.82) is 5.26 Å². The number of nitrogens with one attached hydrogen (secondary N) is 1. The highest BCUT2D eigenvalue weighted by atomic mass is 19.1. The number of benzene rings is 2. The van der Waals surface area contributed by atoms with Gasteiger partial charge < -0.3 is 10.1 Å². The fourth-order valence-electron chi connectivity index (χ4n) is 2.05. The van der Waals surface area contributed by atoms with Gasteiger partial charge in [0.05, 0.1) is 12.7 Å². The van der Waals surface area contributed by atoms with Crippen molar-refractivity contribution < 1.29 is 9.13 Å². The Balaban J connectivity index is 1.83. The molecular weight excluding hydrogens is 267 g/mol. The molecule has 3 nitrogen and oxygen atoms in total. The fourth-order valence-corrected chi connectivity index (χ4v) is 2.05. The van der Waals surface area contributed by atoms with Gasteiger partial charge in [0.2, 0.25) is 0 Å². The summed E-state index contributed by atoms with van der Waals surface area (Å²) in [5.41, 5.74) is 2.69. The summed E-state index contributed by atoms with van der Waals surface area (Å²) in [6.07, 6.45) is 0.841. The second-order valence-corrected chi connectivity index (χ2v) is 4.70. The van der Waals surface area contributed by atoms with Crippen LogP contribution in [0.15, 0.2) is 42.5 Å². The van der Waals surface area contributed by atoms with E-state index in [0.717, 1.165) is 24.1 Å². The molecule has 0 amide bonds. The van der Waals surface area contributed by atoms with Gasteiger partial charge in [-0.2, -0.15) is 5.26 Å². The Labute approximate surface area is 124 Å². The SMILES string of the molecule is COc1cc(CNCCc2ccc(F)cc2)ccc1C#N. The van der Waals surface area contributed by atoms with Crippen LogP contribution in [0.2, 0.25) is 0 Å². The number of nitrogens with zero attached hydrogens (tertiary/aromatic N) is 1. The molecule has 2 aromatic carbocycles. The minimum absolute atomic E-state index is 0.212. The van der Waals surface area contributed by atoms with Crippen LogP contribution < -0.4 is 10.1 Å². The zero-order valence-electron chi connectivity index (χ0n) is 11.9. The predicted octanol–water partition coefficient (Wildman–Crippen LogP) is 3.04. The maximum absolute atomic E-state index is 12.8. The molecule has 0 aliphatic rings. The molecule has 2 rings (SSSR count). The molecule has 108 valence electrons. The normalized spacial score (nSPS) is 10.1. The van der Waals surface area contributed by atoms with E-state index in [1.165, 1.54) is 12.1 Å². The standard InChI is InChI=1S/C17H17FN2O/c1-21-17-10-14(2-5-15(17)11-19)12-20-9-8-13-3-6-16(18)7-4-13/h2-7,10,20H,8-9,12H2,1H3. The Morgan fingerprint density at radius 1 is 1.14 bits per heavy atom. The molecule has 0 fully saturated rings. The molecule has 0 radical (unpaired) electrons. The molecule has 0 saturated heterocycles. The van der Waals surface area contributed by atoms with Gasteiger partial charge in [-0.25, -0.2) is 4.39 Å². The van der Waals surface area contributed by atoms with Crippen LogP contribution in [0.25, 0.3) is 0 Å². The lowest BCUT2D eigenvalue weighted by molar-refractivity contribution is 0.412. The maximum Gasteiger partial charge on any atom is 0.136 e. The molecule has 0 aliphatic heterocycles. The van der Waals surface area contributed by atoms with Gasteiger partial charge in [-0.1, -0.05) is 18.2 Å². The summed E-state index contributed by atoms with van der Waals surface area (Å²) in [5.74, 6) is 0.381. The minimum atomic E-state index is -0.212. The van der Waals surface area contributed by atoms with Gasteiger partial charge in [0.15, 0.2) is 0 Å². The molecule has 2 aromatic rings. The Morgan fingerprint density at radius 2 is 1.86 bits per heavy atom. The lowest BCUT2D eigenvalue weighted by Crippen LogP contribution is -2.16. The third-order valence-corrected chi connectivity index (χ3v) is 3.22. The topological polar surface area (TPSA) is 45.0 Å². The van der Waals surface area contributed by atoms with Crippen molar-refractivity contribution in [3.63, 3.8) is 0 Å². The largest absolute Gasteiger partial charge is 0.495 e. The van der Waals surface area contributed by atoms with Gasteiger partial charge in [-0.3, -0.25) is 0 Å². The van der Waals surface area contributed by atoms with Crippen molar-refractivity contribution in [3.05, 3.63) is 65.0 Å². The van der Waals surface area contributed by atoms with E-state index in [-0.39, 0.29) is 5.82 Å². The van der Waals surface area contributed by atoms with E-state index in [9.17, 15) is 4.39 Å². The second-order valence-electron chi connectivity index (χ2n) is 4.70. The molecule has 0 heterocycles. The highest BCUT2D eigenvalue weighted by molar-refractivity contribution is 5.45. The smallest absolute Gasteiger partial charge is 0.136 e. The molecule has 0 bridgehead atoms. The first-order chi connectivity index (χ1) is 10.2. The summed E-state index contributed by atoms with van der Waals surface area (Å²) in [7, 11) is 1.56. The molecule has 4 heteroatoms. The fraction of sp³-hybridized carbons (Fsp3) is 0.235. The van der Waals surface area contributed by atoms with Crippen molar-refractivity contribution in [2.24, 2.45) is 0 Å². The summed E-state index contributed by atoms with van der Waals surface area (Å²) >= 11 is 0. The van der Waals surface area contributed by atoms with Crippen molar-refractivity contribution in [2.75, 3.05) is 13.7 Å². The highest BCUT2D eigenvalue weighted by Gasteiger charge is 2.03. The molecule has 0 aliphatic carbocycles. The van der Waals surface area contributed by atoms with Crippen LogP contribution in [-0.2, 0) is 13.0 Å². The Morgan fingerprint density at radius 3 is 2.52 bits per heavy atom. The summed E-state index contributed by atoms with van der Waals surface area (Å²) in [6, 6.07) is 14.2. The first-order valence-electron chi connectivity index (χ1n) is 6.75. The molecule has 21 heavy (non-hydrogen) atoms. The number of halogens is 1. The van der Waals surface area contributed by atoms with Crippen molar-refractivity contribution in [1.82, 2.24) is 5.32 Å². The Kier molecular flexibility index (Phi) is 5.30. The predicted molar refractivity (Wildman–Crippen MR) is 79.5 cm³/mol. The van der Waals surface area contributed by atoms with Crippen molar-refractivity contribution >= 4 is 0 Å². The third kappa shape index (κ3) is 4.30. The lowest BCUT2D eigenvalue weighted by atomic mass is 10.1. The molecule has 0 saturated carbocycles. The first-order valence-corrected chi connectivity index (χ1v) is 6.75. The number of rotatable bonds is 6. The van der Waals surface area contributed by atoms with Crippen LogP contribution in [0, 0.1) is 17.1 Å². The summed E-state index contributed by atoms with van der Waals surface area (Å²) < 4.78 is 18.0. The van der Waals surface area contributed by atoms with Crippen LogP contribution >= 0.6 is 0 Å². The molecule has 0 atom stereocenters. The Hall–Kier alpha value is -2.38. The first kappa shape index (κ1) is 15.0. The van der Waals surface area contributed by atoms with Crippen LogP contribution in [0.1, 0.15) is 16.7 Å². The second kappa shape index (κ2) is 7.41. The van der Waals surface area contributed by atoms with Gasteiger partial charge in [0.25, 0.3) is 0 Å². The number of hydrogen-bond acceptors (Lipinski definition) is 3. The Bertz CT molecular complexity index is 632. The highest BCUT2D eigenvalue weighted by Crippen LogP contribution is 2.19. The van der Waals surface area contributed by atoms with Gasteiger partial charge in [-0.15, -0.1) is 0 Å². The average molecular weight is 284 g/mol. The zero-order chi connectivity index (χ0) is 15.1. The van der Waals surface area contributed by atoms with Crippen molar-refractivity contribution in [3.8, 4) is 11.8 Å². The van der Waals surface area contributed by atoms with E-state index in [4.69, 9.17) is 10.00 Å². The monoisotopic (exact) mass is 284 g/mol. The maximum atomic E-state index is 12.8. The lowest BCUT2D eigenvalue weighted by Gasteiger charge is -2.08. The number of methoxy groups -OCH3 is 1. The van der Waals surface area contributed by atoms with Gasteiger partial charge >= 0.3 is 0 Å². The third-order valence-electron chi connectivity index (χ3n) is 3.22. The van der Waals surface area contributed by atoms with Crippen LogP contribution in [-0.4, -0.2) is 13.7 Å². The summed E-state index contributed by atoms with van der Waals surface area (Å²) in [5, 5.41) is 12.2. The van der Waals surface area contributed by atoms with E-state index in [2.05, 4.69) is 11.4 Å². The molecule has 0 aromatic heterocycles. The van der Waals surface area contributed by atoms with Crippen molar-refractivity contribution in [2.45, 2.75) is 13.0 Å². The van der Waals surface area contributed by atoms with E-state index >= 15 is 0 Å². The minimum Gasteiger partial charge on any atom is -0.495 e. The molecule has 0 spiro atoms. The van der Waals surface area contributed by atoms with Crippen LogP contribution in [0.5, 0.6) is 5.75 Å². The quantitative estimate of drug-likeness (QED) is 0.829. The van der Waals surface area contributed by atoms with E-state index in [1.54, 1.807) is 25.3 Å². The zero-order valence-corrected chi connectivity index (χ0v) is 11.9. The summed E-state index contributed by atoms with van der Waals surface area (Å²) in [4.78, 5) is 0. The molecule has 1 N–H and O–H groups in total. The average Bonchev–Trinajstić information content (AvgIpc) is 2.53. The number of nitriles is 1.